The molecule has 2 heterocycles. The molecule has 7 heteroatoms. The van der Waals surface area contributed by atoms with Crippen molar-refractivity contribution in [1.82, 2.24) is 14.9 Å². The number of hydrogen-bond acceptors (Lipinski definition) is 7. The van der Waals surface area contributed by atoms with Gasteiger partial charge in [0.25, 0.3) is 0 Å². The van der Waals surface area contributed by atoms with Gasteiger partial charge in [-0.25, -0.2) is 4.98 Å². The third-order valence-electron chi connectivity index (χ3n) is 4.45. The molecule has 7 nitrogen and oxygen atoms in total. The quantitative estimate of drug-likeness (QED) is 0.823. The molecule has 2 N–H and O–H groups in total. The van der Waals surface area contributed by atoms with Crippen molar-refractivity contribution in [3.8, 4) is 23.8 Å². The van der Waals surface area contributed by atoms with Crippen molar-refractivity contribution in [2.45, 2.75) is 6.42 Å². The Morgan fingerprint density at radius 2 is 1.80 bits per heavy atom. The lowest BCUT2D eigenvalue weighted by Gasteiger charge is -2.34. The predicted octanol–water partition coefficient (Wildman–Crippen LogP) is 1.37. The van der Waals surface area contributed by atoms with Gasteiger partial charge in [0, 0.05) is 50.6 Å². The molecule has 3 rings (SSSR count). The number of nitrogens with two attached hydrogens (primary N) is 1. The summed E-state index contributed by atoms with van der Waals surface area (Å²) >= 11 is 0. The zero-order valence-electron chi connectivity index (χ0n) is 14.7. The van der Waals surface area contributed by atoms with Crippen molar-refractivity contribution in [3.63, 3.8) is 0 Å². The average Bonchev–Trinajstić information content (AvgIpc) is 2.65. The van der Waals surface area contributed by atoms with Crippen molar-refractivity contribution >= 4 is 22.7 Å². The standard InChI is InChI=1S/C18H23N5O2/c1-4-5-6-22-7-9-23(10-8-22)18-20-14-12-16(25-3)15(24-2)11-13(14)17(19)21-18/h1,11-12H,5-10H2,2-3H3,(H2,19,20,21). The lowest BCUT2D eigenvalue weighted by Crippen LogP contribution is -2.47. The smallest absolute Gasteiger partial charge is 0.227 e. The average molecular weight is 341 g/mol. The molecule has 1 saturated heterocycles. The first-order chi connectivity index (χ1) is 12.2. The second kappa shape index (κ2) is 7.45. The molecular formula is C18H23N5O2. The number of rotatable bonds is 5. The highest BCUT2D eigenvalue weighted by Gasteiger charge is 2.20. The summed E-state index contributed by atoms with van der Waals surface area (Å²) in [5.74, 6) is 5.01. The van der Waals surface area contributed by atoms with Gasteiger partial charge in [0.15, 0.2) is 11.5 Å². The van der Waals surface area contributed by atoms with Crippen LogP contribution in [0.15, 0.2) is 12.1 Å². The Kier molecular flexibility index (Phi) is 5.10. The van der Waals surface area contributed by atoms with Crippen molar-refractivity contribution in [2.75, 3.05) is 57.6 Å². The fourth-order valence-electron chi connectivity index (χ4n) is 3.00. The molecule has 0 atom stereocenters. The van der Waals surface area contributed by atoms with Crippen LogP contribution in [0.3, 0.4) is 0 Å². The van der Waals surface area contributed by atoms with Crippen LogP contribution in [0.5, 0.6) is 11.5 Å². The first kappa shape index (κ1) is 17.1. The number of aromatic nitrogens is 2. The van der Waals surface area contributed by atoms with Crippen molar-refractivity contribution in [1.29, 1.82) is 0 Å². The van der Waals surface area contributed by atoms with Crippen LogP contribution in [-0.2, 0) is 0 Å². The molecule has 1 aromatic carbocycles. The van der Waals surface area contributed by atoms with Crippen molar-refractivity contribution in [3.05, 3.63) is 12.1 Å². The number of hydrogen-bond donors (Lipinski definition) is 1. The lowest BCUT2D eigenvalue weighted by molar-refractivity contribution is 0.262. The largest absolute Gasteiger partial charge is 0.493 e. The summed E-state index contributed by atoms with van der Waals surface area (Å²) < 4.78 is 10.7. The summed E-state index contributed by atoms with van der Waals surface area (Å²) in [6, 6.07) is 3.64. The van der Waals surface area contributed by atoms with Gasteiger partial charge in [-0.15, -0.1) is 12.3 Å². The monoisotopic (exact) mass is 341 g/mol. The summed E-state index contributed by atoms with van der Waals surface area (Å²) in [5.41, 5.74) is 6.91. The minimum Gasteiger partial charge on any atom is -0.493 e. The Balaban J connectivity index is 1.85. The highest BCUT2D eigenvalue weighted by Crippen LogP contribution is 2.34. The van der Waals surface area contributed by atoms with E-state index in [0.717, 1.165) is 50.0 Å². The van der Waals surface area contributed by atoms with Gasteiger partial charge >= 0.3 is 0 Å². The lowest BCUT2D eigenvalue weighted by atomic mass is 10.2. The first-order valence-corrected chi connectivity index (χ1v) is 8.26. The SMILES string of the molecule is C#CCCN1CCN(c2nc(N)c3cc(OC)c(OC)cc3n2)CC1. The van der Waals surface area contributed by atoms with Crippen LogP contribution in [0.25, 0.3) is 10.9 Å². The number of anilines is 2. The van der Waals surface area contributed by atoms with Gasteiger partial charge in [0.05, 0.1) is 19.7 Å². The van der Waals surface area contributed by atoms with E-state index in [0.29, 0.717) is 23.3 Å². The highest BCUT2D eigenvalue weighted by atomic mass is 16.5. The Labute approximate surface area is 147 Å². The van der Waals surface area contributed by atoms with E-state index in [9.17, 15) is 0 Å². The molecule has 25 heavy (non-hydrogen) atoms. The third-order valence-corrected chi connectivity index (χ3v) is 4.45. The molecule has 1 aromatic heterocycles. The van der Waals surface area contributed by atoms with E-state index < -0.39 is 0 Å². The molecular weight excluding hydrogens is 318 g/mol. The summed E-state index contributed by atoms with van der Waals surface area (Å²) in [5, 5.41) is 0.758. The molecule has 2 aromatic rings. The maximum absolute atomic E-state index is 6.17. The minimum atomic E-state index is 0.440. The van der Waals surface area contributed by atoms with Gasteiger partial charge < -0.3 is 20.1 Å². The molecule has 132 valence electrons. The third kappa shape index (κ3) is 3.54. The Hall–Kier alpha value is -2.72. The molecule has 0 radical (unpaired) electrons. The Morgan fingerprint density at radius 3 is 2.44 bits per heavy atom. The van der Waals surface area contributed by atoms with Crippen LogP contribution in [0.1, 0.15) is 6.42 Å². The first-order valence-electron chi connectivity index (χ1n) is 8.26. The van der Waals surface area contributed by atoms with Gasteiger partial charge in [0.1, 0.15) is 5.82 Å². The zero-order chi connectivity index (χ0) is 17.8. The zero-order valence-corrected chi connectivity index (χ0v) is 14.7. The van der Waals surface area contributed by atoms with Crippen LogP contribution in [0.4, 0.5) is 11.8 Å². The molecule has 1 fully saturated rings. The van der Waals surface area contributed by atoms with Gasteiger partial charge in [-0.2, -0.15) is 4.98 Å². The topological polar surface area (TPSA) is 76.7 Å². The van der Waals surface area contributed by atoms with Crippen LogP contribution in [0, 0.1) is 12.3 Å². The van der Waals surface area contributed by atoms with E-state index in [2.05, 4.69) is 25.7 Å². The fraction of sp³-hybridized carbons (Fsp3) is 0.444. The van der Waals surface area contributed by atoms with E-state index in [-0.39, 0.29) is 0 Å². The van der Waals surface area contributed by atoms with Crippen molar-refractivity contribution < 1.29 is 9.47 Å². The van der Waals surface area contributed by atoms with Crippen LogP contribution in [-0.4, -0.2) is 61.8 Å². The summed E-state index contributed by atoms with van der Waals surface area (Å²) in [6.45, 7) is 4.51. The number of nitrogen functional groups attached to an aromatic ring is 1. The molecule has 1 aliphatic rings. The molecule has 0 bridgehead atoms. The second-order valence-electron chi connectivity index (χ2n) is 5.92. The fourth-order valence-corrected chi connectivity index (χ4v) is 3.00. The second-order valence-corrected chi connectivity index (χ2v) is 5.92. The van der Waals surface area contributed by atoms with Crippen molar-refractivity contribution in [2.24, 2.45) is 0 Å². The number of methoxy groups -OCH3 is 2. The Morgan fingerprint density at radius 1 is 1.12 bits per heavy atom. The van der Waals surface area contributed by atoms with Crippen LogP contribution >= 0.6 is 0 Å². The predicted molar refractivity (Wildman–Crippen MR) is 99.2 cm³/mol. The number of benzene rings is 1. The maximum atomic E-state index is 6.17. The molecule has 0 amide bonds. The summed E-state index contributed by atoms with van der Waals surface area (Å²) in [7, 11) is 3.19. The molecule has 0 spiro atoms. The number of ether oxygens (including phenoxy) is 2. The summed E-state index contributed by atoms with van der Waals surface area (Å²) in [4.78, 5) is 13.7. The number of nitrogens with zero attached hydrogens (tertiary/aromatic N) is 4. The van der Waals surface area contributed by atoms with E-state index >= 15 is 0 Å². The van der Waals surface area contributed by atoms with Gasteiger partial charge in [0.2, 0.25) is 5.95 Å². The Bertz CT molecular complexity index is 794. The molecule has 1 aliphatic heterocycles. The van der Waals surface area contributed by atoms with E-state index in [1.807, 2.05) is 12.1 Å². The van der Waals surface area contributed by atoms with Crippen LogP contribution < -0.4 is 20.1 Å². The maximum Gasteiger partial charge on any atom is 0.227 e. The summed E-state index contributed by atoms with van der Waals surface area (Å²) in [6.07, 6.45) is 6.12. The number of piperazine rings is 1. The minimum absolute atomic E-state index is 0.440. The molecule has 0 unspecified atom stereocenters. The highest BCUT2D eigenvalue weighted by molar-refractivity contribution is 5.91. The van der Waals surface area contributed by atoms with E-state index in [1.165, 1.54) is 0 Å². The molecule has 0 aliphatic carbocycles. The van der Waals surface area contributed by atoms with Gasteiger partial charge in [-0.1, -0.05) is 0 Å². The number of terminal acetylenes is 1. The van der Waals surface area contributed by atoms with E-state index in [4.69, 9.17) is 21.6 Å². The van der Waals surface area contributed by atoms with Crippen LogP contribution in [0.2, 0.25) is 0 Å². The van der Waals surface area contributed by atoms with Gasteiger partial charge in [-0.05, 0) is 6.07 Å². The molecule has 0 saturated carbocycles. The number of fused-ring (bicyclic) bond motifs is 1. The normalized spacial score (nSPS) is 15.2. The van der Waals surface area contributed by atoms with E-state index in [1.54, 1.807) is 14.2 Å². The van der Waals surface area contributed by atoms with Gasteiger partial charge in [-0.3, -0.25) is 4.90 Å².